The van der Waals surface area contributed by atoms with Gasteiger partial charge in [0.2, 0.25) is 0 Å². The Kier molecular flexibility index (Phi) is 4.42. The summed E-state index contributed by atoms with van der Waals surface area (Å²) in [5.74, 6) is 0.159. The van der Waals surface area contributed by atoms with Gasteiger partial charge in [-0.3, -0.25) is 9.97 Å². The lowest BCUT2D eigenvalue weighted by Gasteiger charge is -2.22. The number of phenols is 1. The maximum atomic E-state index is 10.9. The second-order valence-corrected chi connectivity index (χ2v) is 6.39. The van der Waals surface area contributed by atoms with E-state index in [1.165, 1.54) is 0 Å². The minimum atomic E-state index is -0.298. The summed E-state index contributed by atoms with van der Waals surface area (Å²) >= 11 is 6.12. The topological polar surface area (TPSA) is 58.0 Å². The smallest absolute Gasteiger partial charge is 0.147 e. The summed E-state index contributed by atoms with van der Waals surface area (Å²) in [6, 6.07) is 18.7. The highest BCUT2D eigenvalue weighted by molar-refractivity contribution is 6.30. The van der Waals surface area contributed by atoms with Crippen LogP contribution in [0.2, 0.25) is 5.02 Å². The molecule has 0 aliphatic carbocycles. The average Bonchev–Trinajstić information content (AvgIpc) is 2.68. The summed E-state index contributed by atoms with van der Waals surface area (Å²) in [7, 11) is 0. The highest BCUT2D eigenvalue weighted by atomic mass is 35.5. The minimum absolute atomic E-state index is 0.159. The fourth-order valence-corrected chi connectivity index (χ4v) is 3.20. The van der Waals surface area contributed by atoms with E-state index in [0.29, 0.717) is 10.5 Å². The van der Waals surface area contributed by atoms with Crippen molar-refractivity contribution in [2.45, 2.75) is 6.04 Å². The normalized spacial score (nSPS) is 12.0. The lowest BCUT2D eigenvalue weighted by Crippen LogP contribution is -2.13. The van der Waals surface area contributed by atoms with Crippen LogP contribution < -0.4 is 5.32 Å². The Morgan fingerprint density at radius 3 is 2.65 bits per heavy atom. The summed E-state index contributed by atoms with van der Waals surface area (Å²) in [6.45, 7) is 0. The second kappa shape index (κ2) is 7.02. The van der Waals surface area contributed by atoms with Gasteiger partial charge >= 0.3 is 0 Å². The molecule has 0 amide bonds. The predicted octanol–water partition coefficient (Wildman–Crippen LogP) is 5.19. The van der Waals surface area contributed by atoms with Gasteiger partial charge in [-0.15, -0.1) is 0 Å². The third-order valence-corrected chi connectivity index (χ3v) is 4.48. The van der Waals surface area contributed by atoms with Crippen molar-refractivity contribution in [1.82, 2.24) is 9.97 Å². The molecule has 2 aromatic carbocycles. The molecule has 5 heteroatoms. The number of benzene rings is 2. The van der Waals surface area contributed by atoms with Crippen molar-refractivity contribution in [2.24, 2.45) is 0 Å². The molecule has 2 N–H and O–H groups in total. The number of fused-ring (bicyclic) bond motifs is 1. The van der Waals surface area contributed by atoms with Crippen LogP contribution in [-0.4, -0.2) is 15.1 Å². The third kappa shape index (κ3) is 3.19. The fourth-order valence-electron chi connectivity index (χ4n) is 3.01. The zero-order valence-electron chi connectivity index (χ0n) is 13.8. The van der Waals surface area contributed by atoms with Crippen molar-refractivity contribution >= 4 is 28.2 Å². The molecule has 1 atom stereocenters. The van der Waals surface area contributed by atoms with Gasteiger partial charge in [0, 0.05) is 40.3 Å². The number of hydrogen-bond acceptors (Lipinski definition) is 4. The number of halogens is 1. The Hall–Kier alpha value is -3.11. The Bertz CT molecular complexity index is 1050. The van der Waals surface area contributed by atoms with E-state index >= 15 is 0 Å². The Balaban J connectivity index is 1.84. The van der Waals surface area contributed by atoms with Gasteiger partial charge < -0.3 is 10.4 Å². The molecule has 4 aromatic rings. The Morgan fingerprint density at radius 1 is 0.962 bits per heavy atom. The number of rotatable bonds is 4. The second-order valence-electron chi connectivity index (χ2n) is 5.95. The van der Waals surface area contributed by atoms with Crippen LogP contribution >= 0.6 is 11.6 Å². The largest absolute Gasteiger partial charge is 0.505 e. The van der Waals surface area contributed by atoms with Crippen LogP contribution in [0.3, 0.4) is 0 Å². The number of aromatic hydroxyl groups is 1. The van der Waals surface area contributed by atoms with Gasteiger partial charge in [-0.2, -0.15) is 0 Å². The number of pyridine rings is 2. The van der Waals surface area contributed by atoms with Crippen LogP contribution in [0.1, 0.15) is 17.2 Å². The Morgan fingerprint density at radius 2 is 1.85 bits per heavy atom. The van der Waals surface area contributed by atoms with Crippen LogP contribution in [0, 0.1) is 0 Å². The van der Waals surface area contributed by atoms with Crippen LogP contribution in [0.25, 0.3) is 10.9 Å². The quantitative estimate of drug-likeness (QED) is 0.525. The summed E-state index contributed by atoms with van der Waals surface area (Å²) in [4.78, 5) is 8.54. The average molecular weight is 362 g/mol. The Labute approximate surface area is 156 Å². The number of nitrogens with zero attached hydrogens (tertiary/aromatic N) is 2. The number of nitrogens with one attached hydrogen (secondary N) is 1. The van der Waals surface area contributed by atoms with E-state index in [2.05, 4.69) is 15.3 Å². The zero-order valence-corrected chi connectivity index (χ0v) is 14.6. The molecule has 0 saturated heterocycles. The van der Waals surface area contributed by atoms with Gasteiger partial charge in [0.15, 0.2) is 0 Å². The molecule has 0 spiro atoms. The zero-order chi connectivity index (χ0) is 17.9. The number of phenolic OH excluding ortho intramolecular Hbond substituents is 1. The van der Waals surface area contributed by atoms with Gasteiger partial charge in [0.05, 0.1) is 6.04 Å². The van der Waals surface area contributed by atoms with Gasteiger partial charge in [-0.25, -0.2) is 0 Å². The monoisotopic (exact) mass is 361 g/mol. The van der Waals surface area contributed by atoms with Gasteiger partial charge in [0.25, 0.3) is 0 Å². The van der Waals surface area contributed by atoms with Gasteiger partial charge in [-0.05, 0) is 35.9 Å². The first-order chi connectivity index (χ1) is 12.7. The van der Waals surface area contributed by atoms with E-state index in [-0.39, 0.29) is 11.8 Å². The number of hydrogen-bond donors (Lipinski definition) is 2. The molecule has 128 valence electrons. The van der Waals surface area contributed by atoms with Gasteiger partial charge in [-0.1, -0.05) is 41.9 Å². The highest BCUT2D eigenvalue weighted by Gasteiger charge is 2.20. The van der Waals surface area contributed by atoms with Crippen LogP contribution in [-0.2, 0) is 0 Å². The fraction of sp³-hybridized carbons (Fsp3) is 0.0476. The maximum absolute atomic E-state index is 10.9. The summed E-state index contributed by atoms with van der Waals surface area (Å²) in [5.41, 5.74) is 3.08. The molecule has 4 nitrogen and oxygen atoms in total. The van der Waals surface area contributed by atoms with Crippen molar-refractivity contribution in [3.63, 3.8) is 0 Å². The molecular weight excluding hydrogens is 346 g/mol. The van der Waals surface area contributed by atoms with Crippen LogP contribution in [0.15, 0.2) is 79.3 Å². The first-order valence-corrected chi connectivity index (χ1v) is 8.59. The lowest BCUT2D eigenvalue weighted by atomic mass is 9.97. The summed E-state index contributed by atoms with van der Waals surface area (Å²) in [5, 5.41) is 15.8. The molecule has 1 unspecified atom stereocenters. The van der Waals surface area contributed by atoms with E-state index in [9.17, 15) is 5.11 Å². The molecule has 0 radical (unpaired) electrons. The molecule has 2 aromatic heterocycles. The molecule has 2 heterocycles. The van der Waals surface area contributed by atoms with Crippen molar-refractivity contribution in [1.29, 1.82) is 0 Å². The minimum Gasteiger partial charge on any atom is -0.505 e. The lowest BCUT2D eigenvalue weighted by molar-refractivity contribution is 0.471. The predicted molar refractivity (Wildman–Crippen MR) is 105 cm³/mol. The van der Waals surface area contributed by atoms with E-state index in [4.69, 9.17) is 11.6 Å². The molecule has 26 heavy (non-hydrogen) atoms. The first kappa shape index (κ1) is 16.4. The third-order valence-electron chi connectivity index (χ3n) is 4.24. The molecule has 4 rings (SSSR count). The molecular formula is C21H16ClN3O. The van der Waals surface area contributed by atoms with E-state index in [0.717, 1.165) is 22.2 Å². The van der Waals surface area contributed by atoms with Crippen LogP contribution in [0.5, 0.6) is 5.75 Å². The molecule has 0 aliphatic heterocycles. The SMILES string of the molecule is Oc1c(C(Nc2cccc(Cl)c2)c2cccnc2)ccc2cccnc12. The summed E-state index contributed by atoms with van der Waals surface area (Å²) in [6.07, 6.45) is 5.18. The number of anilines is 1. The van der Waals surface area contributed by atoms with Crippen molar-refractivity contribution in [3.8, 4) is 5.75 Å². The molecule has 0 bridgehead atoms. The van der Waals surface area contributed by atoms with Crippen LogP contribution in [0.4, 0.5) is 5.69 Å². The first-order valence-electron chi connectivity index (χ1n) is 8.21. The highest BCUT2D eigenvalue weighted by Crippen LogP contribution is 2.36. The molecule has 0 saturated carbocycles. The van der Waals surface area contributed by atoms with Crippen molar-refractivity contribution < 1.29 is 5.11 Å². The standard InChI is InChI=1S/C21H16ClN3O/c22-16-6-1-7-17(12-16)25-19(15-5-2-10-23-13-15)18-9-8-14-4-3-11-24-20(14)21(18)26/h1-13,19,25-26H. The number of aromatic nitrogens is 2. The van der Waals surface area contributed by atoms with E-state index in [1.54, 1.807) is 18.6 Å². The van der Waals surface area contributed by atoms with E-state index < -0.39 is 0 Å². The van der Waals surface area contributed by atoms with Gasteiger partial charge in [0.1, 0.15) is 11.3 Å². The van der Waals surface area contributed by atoms with E-state index in [1.807, 2.05) is 60.7 Å². The maximum Gasteiger partial charge on any atom is 0.147 e. The van der Waals surface area contributed by atoms with Crippen molar-refractivity contribution in [2.75, 3.05) is 5.32 Å². The molecule has 0 fully saturated rings. The van der Waals surface area contributed by atoms with Crippen molar-refractivity contribution in [3.05, 3.63) is 95.4 Å². The summed E-state index contributed by atoms with van der Waals surface area (Å²) < 4.78 is 0. The molecule has 0 aliphatic rings.